The van der Waals surface area contributed by atoms with Crippen LogP contribution in [0.5, 0.6) is 11.5 Å². The summed E-state index contributed by atoms with van der Waals surface area (Å²) in [6, 6.07) is 4.43. The molecule has 0 unspecified atom stereocenters. The lowest BCUT2D eigenvalue weighted by Crippen LogP contribution is -2.03. The fourth-order valence-corrected chi connectivity index (χ4v) is 1.88. The molecular formula is C11H16O5S. The molecule has 0 saturated heterocycles. The molecule has 0 aliphatic heterocycles. The molecule has 96 valence electrons. The first-order valence-electron chi connectivity index (χ1n) is 5.11. The summed E-state index contributed by atoms with van der Waals surface area (Å²) in [6.07, 6.45) is 1.64. The van der Waals surface area contributed by atoms with Gasteiger partial charge in [-0.3, -0.25) is 0 Å². The van der Waals surface area contributed by atoms with Crippen molar-refractivity contribution >= 4 is 9.84 Å². The number of benzene rings is 1. The highest BCUT2D eigenvalue weighted by atomic mass is 32.2. The molecule has 1 rings (SSSR count). The lowest BCUT2D eigenvalue weighted by Gasteiger charge is -2.11. The van der Waals surface area contributed by atoms with Crippen LogP contribution in [-0.2, 0) is 9.84 Å². The van der Waals surface area contributed by atoms with Crippen molar-refractivity contribution in [3.63, 3.8) is 0 Å². The van der Waals surface area contributed by atoms with E-state index in [1.807, 2.05) is 0 Å². The second kappa shape index (κ2) is 5.88. The SMILES string of the molecule is COc1cc(S(C)(=O)=O)ccc1OCCCO. The minimum absolute atomic E-state index is 0.0454. The summed E-state index contributed by atoms with van der Waals surface area (Å²) in [7, 11) is -1.81. The zero-order valence-electron chi connectivity index (χ0n) is 9.84. The summed E-state index contributed by atoms with van der Waals surface area (Å²) >= 11 is 0. The average molecular weight is 260 g/mol. The fraction of sp³-hybridized carbons (Fsp3) is 0.455. The van der Waals surface area contributed by atoms with Crippen LogP contribution in [0.2, 0.25) is 0 Å². The van der Waals surface area contributed by atoms with Crippen LogP contribution in [0.15, 0.2) is 23.1 Å². The molecule has 0 aromatic heterocycles. The van der Waals surface area contributed by atoms with Crippen molar-refractivity contribution < 1.29 is 23.0 Å². The van der Waals surface area contributed by atoms with E-state index in [4.69, 9.17) is 14.6 Å². The van der Waals surface area contributed by atoms with Crippen molar-refractivity contribution in [3.8, 4) is 11.5 Å². The lowest BCUT2D eigenvalue weighted by atomic mass is 10.3. The van der Waals surface area contributed by atoms with E-state index in [1.54, 1.807) is 6.07 Å². The molecule has 0 aliphatic rings. The Morgan fingerprint density at radius 1 is 1.29 bits per heavy atom. The van der Waals surface area contributed by atoms with Gasteiger partial charge in [-0.15, -0.1) is 0 Å². The van der Waals surface area contributed by atoms with E-state index in [0.29, 0.717) is 24.5 Å². The highest BCUT2D eigenvalue weighted by Crippen LogP contribution is 2.29. The van der Waals surface area contributed by atoms with Crippen molar-refractivity contribution in [2.45, 2.75) is 11.3 Å². The van der Waals surface area contributed by atoms with Gasteiger partial charge in [-0.2, -0.15) is 0 Å². The van der Waals surface area contributed by atoms with E-state index in [2.05, 4.69) is 0 Å². The van der Waals surface area contributed by atoms with Crippen LogP contribution in [0.4, 0.5) is 0 Å². The average Bonchev–Trinajstić information content (AvgIpc) is 2.28. The van der Waals surface area contributed by atoms with Gasteiger partial charge in [0.2, 0.25) is 0 Å². The molecule has 1 aromatic rings. The molecule has 0 spiro atoms. The third-order valence-electron chi connectivity index (χ3n) is 2.12. The van der Waals surface area contributed by atoms with E-state index in [1.165, 1.54) is 19.2 Å². The smallest absolute Gasteiger partial charge is 0.175 e. The van der Waals surface area contributed by atoms with Crippen molar-refractivity contribution in [1.82, 2.24) is 0 Å². The van der Waals surface area contributed by atoms with Gasteiger partial charge in [-0.1, -0.05) is 0 Å². The maximum absolute atomic E-state index is 11.3. The molecule has 0 radical (unpaired) electrons. The number of hydrogen-bond acceptors (Lipinski definition) is 5. The number of aliphatic hydroxyl groups excluding tert-OH is 1. The standard InChI is InChI=1S/C11H16O5S/c1-15-11-8-9(17(2,13)14)4-5-10(11)16-7-3-6-12/h4-5,8,12H,3,6-7H2,1-2H3. The second-order valence-corrected chi connectivity index (χ2v) is 5.53. The van der Waals surface area contributed by atoms with E-state index in [-0.39, 0.29) is 11.5 Å². The molecule has 17 heavy (non-hydrogen) atoms. The van der Waals surface area contributed by atoms with Gasteiger partial charge in [0.1, 0.15) is 0 Å². The Kier molecular flexibility index (Phi) is 4.77. The number of rotatable bonds is 6. The number of ether oxygens (including phenoxy) is 2. The first-order valence-corrected chi connectivity index (χ1v) is 7.00. The van der Waals surface area contributed by atoms with Gasteiger partial charge in [0.15, 0.2) is 21.3 Å². The normalized spacial score (nSPS) is 11.2. The van der Waals surface area contributed by atoms with Crippen LogP contribution in [0.3, 0.4) is 0 Å². The monoisotopic (exact) mass is 260 g/mol. The van der Waals surface area contributed by atoms with Crippen LogP contribution < -0.4 is 9.47 Å². The first-order chi connectivity index (χ1) is 7.99. The van der Waals surface area contributed by atoms with Gasteiger partial charge in [0, 0.05) is 25.3 Å². The number of hydrogen-bond donors (Lipinski definition) is 1. The minimum Gasteiger partial charge on any atom is -0.493 e. The highest BCUT2D eigenvalue weighted by Gasteiger charge is 2.12. The Morgan fingerprint density at radius 3 is 2.53 bits per heavy atom. The number of aliphatic hydroxyl groups is 1. The maximum Gasteiger partial charge on any atom is 0.175 e. The van der Waals surface area contributed by atoms with Crippen molar-refractivity contribution in [2.75, 3.05) is 26.6 Å². The Morgan fingerprint density at radius 2 is 2.00 bits per heavy atom. The summed E-state index contributed by atoms with van der Waals surface area (Å²) in [6.45, 7) is 0.398. The number of sulfone groups is 1. The first kappa shape index (κ1) is 13.8. The summed E-state index contributed by atoms with van der Waals surface area (Å²) in [5.41, 5.74) is 0. The van der Waals surface area contributed by atoms with Gasteiger partial charge in [-0.25, -0.2) is 8.42 Å². The van der Waals surface area contributed by atoms with E-state index >= 15 is 0 Å². The van der Waals surface area contributed by atoms with Gasteiger partial charge < -0.3 is 14.6 Å². The van der Waals surface area contributed by atoms with Crippen molar-refractivity contribution in [3.05, 3.63) is 18.2 Å². The van der Waals surface area contributed by atoms with Gasteiger partial charge >= 0.3 is 0 Å². The quantitative estimate of drug-likeness (QED) is 0.768. The van der Waals surface area contributed by atoms with E-state index in [9.17, 15) is 8.42 Å². The Labute approximate surface area is 101 Å². The van der Waals surface area contributed by atoms with E-state index < -0.39 is 9.84 Å². The van der Waals surface area contributed by atoms with E-state index in [0.717, 1.165) is 6.26 Å². The zero-order valence-corrected chi connectivity index (χ0v) is 10.7. The predicted octanol–water partition coefficient (Wildman–Crippen LogP) is 0.860. The molecule has 0 aliphatic carbocycles. The van der Waals surface area contributed by atoms with Gasteiger partial charge in [0.05, 0.1) is 18.6 Å². The molecule has 0 heterocycles. The van der Waals surface area contributed by atoms with Gasteiger partial charge in [-0.05, 0) is 12.1 Å². The van der Waals surface area contributed by atoms with Crippen LogP contribution >= 0.6 is 0 Å². The molecule has 0 atom stereocenters. The molecule has 6 heteroatoms. The van der Waals surface area contributed by atoms with Gasteiger partial charge in [0.25, 0.3) is 0 Å². The lowest BCUT2D eigenvalue weighted by molar-refractivity contribution is 0.228. The molecule has 0 saturated carbocycles. The molecular weight excluding hydrogens is 244 g/mol. The largest absolute Gasteiger partial charge is 0.493 e. The van der Waals surface area contributed by atoms with Crippen LogP contribution in [0.25, 0.3) is 0 Å². The molecule has 5 nitrogen and oxygen atoms in total. The fourth-order valence-electron chi connectivity index (χ4n) is 1.24. The molecule has 0 fully saturated rings. The summed E-state index contributed by atoms with van der Waals surface area (Å²) in [5, 5.41) is 8.63. The molecule has 1 N–H and O–H groups in total. The molecule has 1 aromatic carbocycles. The summed E-state index contributed by atoms with van der Waals surface area (Å²) in [4.78, 5) is 0.184. The molecule has 0 amide bonds. The van der Waals surface area contributed by atoms with Crippen molar-refractivity contribution in [1.29, 1.82) is 0 Å². The van der Waals surface area contributed by atoms with Crippen LogP contribution in [0, 0.1) is 0 Å². The summed E-state index contributed by atoms with van der Waals surface area (Å²) < 4.78 is 33.1. The van der Waals surface area contributed by atoms with Crippen molar-refractivity contribution in [2.24, 2.45) is 0 Å². The predicted molar refractivity (Wildman–Crippen MR) is 63.3 cm³/mol. The van der Waals surface area contributed by atoms with Crippen LogP contribution in [-0.4, -0.2) is 40.1 Å². The Bertz CT molecular complexity index is 467. The topological polar surface area (TPSA) is 72.8 Å². The third kappa shape index (κ3) is 3.90. The third-order valence-corrected chi connectivity index (χ3v) is 3.23. The zero-order chi connectivity index (χ0) is 12.9. The Hall–Kier alpha value is -1.27. The minimum atomic E-state index is -3.25. The second-order valence-electron chi connectivity index (χ2n) is 3.51. The molecule has 0 bridgehead atoms. The van der Waals surface area contributed by atoms with Crippen LogP contribution in [0.1, 0.15) is 6.42 Å². The number of methoxy groups -OCH3 is 1. The summed E-state index contributed by atoms with van der Waals surface area (Å²) in [5.74, 6) is 0.833. The highest BCUT2D eigenvalue weighted by molar-refractivity contribution is 7.90. The Balaban J connectivity index is 2.94. The maximum atomic E-state index is 11.3.